The summed E-state index contributed by atoms with van der Waals surface area (Å²) in [6.45, 7) is 7.17. The highest BCUT2D eigenvalue weighted by Gasteiger charge is 2.11. The third-order valence-corrected chi connectivity index (χ3v) is 4.21. The molecule has 0 aliphatic rings. The Hall–Kier alpha value is -2.82. The summed E-state index contributed by atoms with van der Waals surface area (Å²) >= 11 is 0. The molecule has 2 aromatic carbocycles. The first-order chi connectivity index (χ1) is 12.5. The average Bonchev–Trinajstić information content (AvgIpc) is 2.63. The molecule has 5 heteroatoms. The maximum absolute atomic E-state index is 12.3. The predicted molar refractivity (Wildman–Crippen MR) is 103 cm³/mol. The molecule has 2 amide bonds. The van der Waals surface area contributed by atoms with Crippen LogP contribution in [0.25, 0.3) is 0 Å². The van der Waals surface area contributed by atoms with E-state index in [4.69, 9.17) is 4.74 Å². The maximum Gasteiger partial charge on any atom is 0.260 e. The molecular weight excluding hydrogens is 328 g/mol. The number of carbonyl (C=O) groups excluding carboxylic acids is 2. The van der Waals surface area contributed by atoms with E-state index in [2.05, 4.69) is 5.32 Å². The fraction of sp³-hybridized carbons (Fsp3) is 0.333. The van der Waals surface area contributed by atoms with Crippen LogP contribution in [-0.2, 0) is 16.0 Å². The van der Waals surface area contributed by atoms with Crippen LogP contribution < -0.4 is 10.1 Å². The quantitative estimate of drug-likeness (QED) is 0.790. The van der Waals surface area contributed by atoms with Crippen molar-refractivity contribution in [2.24, 2.45) is 0 Å². The Balaban J connectivity index is 1.93. The molecule has 2 aromatic rings. The lowest BCUT2D eigenvalue weighted by atomic mass is 10.1. The Morgan fingerprint density at radius 2 is 1.77 bits per heavy atom. The predicted octanol–water partition coefficient (Wildman–Crippen LogP) is 3.42. The van der Waals surface area contributed by atoms with Crippen LogP contribution >= 0.6 is 0 Å². The number of benzene rings is 2. The summed E-state index contributed by atoms with van der Waals surface area (Å²) in [4.78, 5) is 26.0. The van der Waals surface area contributed by atoms with Crippen LogP contribution in [0.15, 0.2) is 48.5 Å². The molecule has 0 heterocycles. The van der Waals surface area contributed by atoms with E-state index in [-0.39, 0.29) is 18.4 Å². The van der Waals surface area contributed by atoms with Gasteiger partial charge in [0, 0.05) is 24.8 Å². The van der Waals surface area contributed by atoms with Gasteiger partial charge in [0.1, 0.15) is 5.75 Å². The lowest BCUT2D eigenvalue weighted by Gasteiger charge is -2.18. The third-order valence-electron chi connectivity index (χ3n) is 4.21. The van der Waals surface area contributed by atoms with Crippen molar-refractivity contribution in [1.29, 1.82) is 0 Å². The molecule has 0 atom stereocenters. The molecule has 5 nitrogen and oxygen atoms in total. The summed E-state index contributed by atoms with van der Waals surface area (Å²) in [7, 11) is 0. The molecule has 26 heavy (non-hydrogen) atoms. The highest BCUT2D eigenvalue weighted by Crippen LogP contribution is 2.18. The van der Waals surface area contributed by atoms with Crippen molar-refractivity contribution in [3.8, 4) is 5.75 Å². The van der Waals surface area contributed by atoms with Gasteiger partial charge in [0.2, 0.25) is 5.91 Å². The summed E-state index contributed by atoms with van der Waals surface area (Å²) in [6.07, 6.45) is 0.318. The summed E-state index contributed by atoms with van der Waals surface area (Å²) in [6, 6.07) is 14.9. The van der Waals surface area contributed by atoms with E-state index >= 15 is 0 Å². The van der Waals surface area contributed by atoms with E-state index < -0.39 is 0 Å². The van der Waals surface area contributed by atoms with Crippen LogP contribution in [0.4, 0.5) is 5.69 Å². The van der Waals surface area contributed by atoms with Gasteiger partial charge in [0.15, 0.2) is 6.61 Å². The SMILES string of the molecule is CCN(CC)C(=O)COc1cccc(NC(=O)Cc2ccccc2C)c1. The van der Waals surface area contributed by atoms with Gasteiger partial charge in [-0.1, -0.05) is 30.3 Å². The number of likely N-dealkylation sites (N-methyl/N-ethyl adjacent to an activating group) is 1. The Morgan fingerprint density at radius 3 is 2.46 bits per heavy atom. The van der Waals surface area contributed by atoms with Crippen LogP contribution in [0.1, 0.15) is 25.0 Å². The molecule has 1 N–H and O–H groups in total. The number of carbonyl (C=O) groups is 2. The van der Waals surface area contributed by atoms with Gasteiger partial charge in [-0.2, -0.15) is 0 Å². The van der Waals surface area contributed by atoms with Crippen molar-refractivity contribution < 1.29 is 14.3 Å². The van der Waals surface area contributed by atoms with Gasteiger partial charge in [-0.05, 0) is 44.0 Å². The molecule has 0 bridgehead atoms. The Morgan fingerprint density at radius 1 is 1.04 bits per heavy atom. The number of aryl methyl sites for hydroxylation is 1. The second-order valence-corrected chi connectivity index (χ2v) is 6.03. The first kappa shape index (κ1) is 19.5. The number of nitrogens with zero attached hydrogens (tertiary/aromatic N) is 1. The minimum atomic E-state index is -0.0873. The average molecular weight is 354 g/mol. The summed E-state index contributed by atoms with van der Waals surface area (Å²) in [5, 5.41) is 2.88. The Kier molecular flexibility index (Phi) is 7.21. The van der Waals surface area contributed by atoms with Crippen LogP contribution in [-0.4, -0.2) is 36.4 Å². The minimum Gasteiger partial charge on any atom is -0.484 e. The van der Waals surface area contributed by atoms with Crippen molar-refractivity contribution >= 4 is 17.5 Å². The van der Waals surface area contributed by atoms with E-state index in [1.54, 1.807) is 29.2 Å². The maximum atomic E-state index is 12.3. The number of hydrogen-bond donors (Lipinski definition) is 1. The van der Waals surface area contributed by atoms with Crippen LogP contribution in [0.5, 0.6) is 5.75 Å². The molecule has 0 aromatic heterocycles. The highest BCUT2D eigenvalue weighted by molar-refractivity contribution is 5.92. The monoisotopic (exact) mass is 354 g/mol. The minimum absolute atomic E-state index is 0.0116. The molecule has 0 aliphatic heterocycles. The fourth-order valence-corrected chi connectivity index (χ4v) is 2.66. The number of rotatable bonds is 8. The Bertz CT molecular complexity index is 754. The number of hydrogen-bond acceptors (Lipinski definition) is 3. The summed E-state index contributed by atoms with van der Waals surface area (Å²) in [5.41, 5.74) is 2.74. The highest BCUT2D eigenvalue weighted by atomic mass is 16.5. The topological polar surface area (TPSA) is 58.6 Å². The lowest BCUT2D eigenvalue weighted by molar-refractivity contribution is -0.133. The van der Waals surface area contributed by atoms with Gasteiger partial charge in [-0.3, -0.25) is 9.59 Å². The van der Waals surface area contributed by atoms with Gasteiger partial charge >= 0.3 is 0 Å². The molecule has 0 spiro atoms. The fourth-order valence-electron chi connectivity index (χ4n) is 2.66. The largest absolute Gasteiger partial charge is 0.484 e. The van der Waals surface area contributed by atoms with Crippen LogP contribution in [0.3, 0.4) is 0 Å². The zero-order valence-electron chi connectivity index (χ0n) is 15.6. The van der Waals surface area contributed by atoms with E-state index in [9.17, 15) is 9.59 Å². The number of nitrogens with one attached hydrogen (secondary N) is 1. The van der Waals surface area contributed by atoms with E-state index in [1.807, 2.05) is 45.0 Å². The molecule has 0 aliphatic carbocycles. The second kappa shape index (κ2) is 9.61. The van der Waals surface area contributed by atoms with Crippen molar-refractivity contribution in [3.05, 3.63) is 59.7 Å². The summed E-state index contributed by atoms with van der Waals surface area (Å²) in [5.74, 6) is 0.416. The molecular formula is C21H26N2O3. The number of ether oxygens (including phenoxy) is 1. The number of amides is 2. The normalized spacial score (nSPS) is 10.3. The smallest absolute Gasteiger partial charge is 0.260 e. The molecule has 0 saturated heterocycles. The molecule has 0 radical (unpaired) electrons. The van der Waals surface area contributed by atoms with E-state index in [0.717, 1.165) is 11.1 Å². The molecule has 2 rings (SSSR count). The van der Waals surface area contributed by atoms with E-state index in [0.29, 0.717) is 30.9 Å². The zero-order chi connectivity index (χ0) is 18.9. The van der Waals surface area contributed by atoms with Gasteiger partial charge in [-0.25, -0.2) is 0 Å². The second-order valence-electron chi connectivity index (χ2n) is 6.03. The zero-order valence-corrected chi connectivity index (χ0v) is 15.6. The lowest BCUT2D eigenvalue weighted by Crippen LogP contribution is -2.34. The Labute approximate surface area is 155 Å². The van der Waals surface area contributed by atoms with Gasteiger partial charge in [0.05, 0.1) is 6.42 Å². The van der Waals surface area contributed by atoms with Gasteiger partial charge < -0.3 is 15.0 Å². The van der Waals surface area contributed by atoms with Crippen molar-refractivity contribution in [3.63, 3.8) is 0 Å². The first-order valence-electron chi connectivity index (χ1n) is 8.88. The molecule has 138 valence electrons. The molecule has 0 fully saturated rings. The van der Waals surface area contributed by atoms with Crippen LogP contribution in [0.2, 0.25) is 0 Å². The van der Waals surface area contributed by atoms with Gasteiger partial charge in [-0.15, -0.1) is 0 Å². The van der Waals surface area contributed by atoms with Crippen molar-refractivity contribution in [1.82, 2.24) is 4.90 Å². The van der Waals surface area contributed by atoms with Crippen LogP contribution in [0, 0.1) is 6.92 Å². The van der Waals surface area contributed by atoms with Crippen molar-refractivity contribution in [2.45, 2.75) is 27.2 Å². The van der Waals surface area contributed by atoms with E-state index in [1.165, 1.54) is 0 Å². The summed E-state index contributed by atoms with van der Waals surface area (Å²) < 4.78 is 5.57. The standard InChI is InChI=1S/C21H26N2O3/c1-4-23(5-2)21(25)15-26-19-12-8-11-18(14-19)22-20(24)13-17-10-7-6-9-16(17)3/h6-12,14H,4-5,13,15H2,1-3H3,(H,22,24). The third kappa shape index (κ3) is 5.62. The van der Waals surface area contributed by atoms with Gasteiger partial charge in [0.25, 0.3) is 5.91 Å². The van der Waals surface area contributed by atoms with Crippen molar-refractivity contribution in [2.75, 3.05) is 25.0 Å². The number of anilines is 1. The first-order valence-corrected chi connectivity index (χ1v) is 8.88. The molecule has 0 unspecified atom stereocenters. The molecule has 0 saturated carbocycles.